The molecule has 0 saturated heterocycles. The molecule has 0 aromatic rings. The zero-order chi connectivity index (χ0) is 11.7. The summed E-state index contributed by atoms with van der Waals surface area (Å²) < 4.78 is 10.3. The Labute approximate surface area is 104 Å². The maximum atomic E-state index is 11.1. The Morgan fingerprint density at radius 2 is 1.75 bits per heavy atom. The summed E-state index contributed by atoms with van der Waals surface area (Å²) in [5.74, 6) is 0. The quantitative estimate of drug-likeness (QED) is 0.699. The molecule has 0 aliphatic heterocycles. The molecule has 0 radical (unpaired) electrons. The van der Waals surface area contributed by atoms with Crippen molar-refractivity contribution < 1.29 is 14.3 Å². The molecule has 0 atom stereocenters. The van der Waals surface area contributed by atoms with Crippen LogP contribution >= 0.6 is 12.4 Å². The Morgan fingerprint density at radius 3 is 2.25 bits per heavy atom. The van der Waals surface area contributed by atoms with E-state index >= 15 is 0 Å². The van der Waals surface area contributed by atoms with E-state index in [9.17, 15) is 4.79 Å². The number of carbonyl (C=O) groups is 1. The van der Waals surface area contributed by atoms with Crippen molar-refractivity contribution in [3.8, 4) is 0 Å². The number of hydrogen-bond donors (Lipinski definition) is 2. The van der Waals surface area contributed by atoms with Crippen molar-refractivity contribution in [3.05, 3.63) is 0 Å². The van der Waals surface area contributed by atoms with Gasteiger partial charge in [0.25, 0.3) is 0 Å². The van der Waals surface area contributed by atoms with E-state index < -0.39 is 11.7 Å². The summed E-state index contributed by atoms with van der Waals surface area (Å²) in [6, 6.07) is 0. The molecule has 0 bridgehead atoms. The topological polar surface area (TPSA) is 59.6 Å². The maximum Gasteiger partial charge on any atom is 0.407 e. The fourth-order valence-corrected chi connectivity index (χ4v) is 0.816. The van der Waals surface area contributed by atoms with Crippen molar-refractivity contribution in [1.82, 2.24) is 10.6 Å². The highest BCUT2D eigenvalue weighted by Crippen LogP contribution is 2.05. The highest BCUT2D eigenvalue weighted by molar-refractivity contribution is 5.85. The van der Waals surface area contributed by atoms with Crippen LogP contribution in [0.25, 0.3) is 0 Å². The van der Waals surface area contributed by atoms with E-state index in [1.165, 1.54) is 0 Å². The lowest BCUT2D eigenvalue weighted by molar-refractivity contribution is 0.0500. The minimum absolute atomic E-state index is 0. The zero-order valence-electron chi connectivity index (χ0n) is 10.5. The van der Waals surface area contributed by atoms with E-state index in [2.05, 4.69) is 10.6 Å². The number of nitrogens with one attached hydrogen (secondary N) is 2. The molecule has 0 heterocycles. The van der Waals surface area contributed by atoms with E-state index in [4.69, 9.17) is 9.47 Å². The highest BCUT2D eigenvalue weighted by Gasteiger charge is 2.15. The summed E-state index contributed by atoms with van der Waals surface area (Å²) in [6.07, 6.45) is -0.403. The Bertz CT molecular complexity index is 183. The van der Waals surface area contributed by atoms with Crippen molar-refractivity contribution in [2.24, 2.45) is 0 Å². The monoisotopic (exact) mass is 254 g/mol. The predicted octanol–water partition coefficient (Wildman–Crippen LogP) is 1.17. The number of alkyl carbamates (subject to hydrolysis) is 1. The van der Waals surface area contributed by atoms with Crippen LogP contribution in [0.4, 0.5) is 4.79 Å². The second-order valence-corrected chi connectivity index (χ2v) is 4.14. The third-order valence-electron chi connectivity index (χ3n) is 1.41. The summed E-state index contributed by atoms with van der Waals surface area (Å²) in [4.78, 5) is 11.1. The third kappa shape index (κ3) is 13.5. The van der Waals surface area contributed by atoms with Gasteiger partial charge in [0.15, 0.2) is 0 Å². The fourth-order valence-electron chi connectivity index (χ4n) is 0.816. The number of amides is 1. The normalized spacial score (nSPS) is 10.5. The number of rotatable bonds is 6. The van der Waals surface area contributed by atoms with Crippen molar-refractivity contribution in [3.63, 3.8) is 0 Å². The first-order valence-electron chi connectivity index (χ1n) is 5.15. The number of hydrogen-bond acceptors (Lipinski definition) is 4. The smallest absolute Gasteiger partial charge is 0.407 e. The zero-order valence-corrected chi connectivity index (χ0v) is 11.3. The second kappa shape index (κ2) is 9.69. The van der Waals surface area contributed by atoms with Gasteiger partial charge in [0.2, 0.25) is 0 Å². The van der Waals surface area contributed by atoms with Gasteiger partial charge >= 0.3 is 6.09 Å². The van der Waals surface area contributed by atoms with Crippen LogP contribution in [0.1, 0.15) is 20.8 Å². The van der Waals surface area contributed by atoms with Crippen LogP contribution in [-0.2, 0) is 9.47 Å². The van der Waals surface area contributed by atoms with Crippen LogP contribution < -0.4 is 10.6 Å². The van der Waals surface area contributed by atoms with Gasteiger partial charge in [-0.25, -0.2) is 4.79 Å². The standard InChI is InChI=1S/C10H22N2O3.ClH/c1-10(2,3)15-9(13)12-6-8-14-7-5-11-4;/h11H,5-8H2,1-4H3,(H,12,13);1H. The van der Waals surface area contributed by atoms with E-state index in [1.807, 2.05) is 27.8 Å². The maximum absolute atomic E-state index is 11.1. The van der Waals surface area contributed by atoms with E-state index in [1.54, 1.807) is 0 Å². The molecule has 16 heavy (non-hydrogen) atoms. The van der Waals surface area contributed by atoms with Gasteiger partial charge < -0.3 is 20.1 Å². The van der Waals surface area contributed by atoms with Gasteiger partial charge in [0, 0.05) is 13.1 Å². The summed E-state index contributed by atoms with van der Waals surface area (Å²) >= 11 is 0. The molecule has 0 saturated carbocycles. The molecule has 0 unspecified atom stereocenters. The second-order valence-electron chi connectivity index (χ2n) is 4.14. The minimum Gasteiger partial charge on any atom is -0.444 e. The molecule has 98 valence electrons. The summed E-state index contributed by atoms with van der Waals surface area (Å²) in [5.41, 5.74) is -0.447. The van der Waals surface area contributed by atoms with Crippen LogP contribution in [0.3, 0.4) is 0 Å². The molecule has 0 fully saturated rings. The predicted molar refractivity (Wildman–Crippen MR) is 66.2 cm³/mol. The molecule has 6 heteroatoms. The molecule has 0 aliphatic rings. The molecule has 1 amide bonds. The van der Waals surface area contributed by atoms with Gasteiger partial charge in [0.05, 0.1) is 13.2 Å². The fraction of sp³-hybridized carbons (Fsp3) is 0.900. The van der Waals surface area contributed by atoms with Crippen LogP contribution in [0, 0.1) is 0 Å². The molecular weight excluding hydrogens is 232 g/mol. The van der Waals surface area contributed by atoms with Crippen LogP contribution in [-0.4, -0.2) is 45.0 Å². The molecular formula is C10H23ClN2O3. The largest absolute Gasteiger partial charge is 0.444 e. The Balaban J connectivity index is 0. The first-order chi connectivity index (χ1) is 6.95. The molecule has 0 aliphatic carbocycles. The molecule has 0 rings (SSSR count). The van der Waals surface area contributed by atoms with Crippen molar-refractivity contribution in [1.29, 1.82) is 0 Å². The lowest BCUT2D eigenvalue weighted by atomic mass is 10.2. The van der Waals surface area contributed by atoms with E-state index in [0.29, 0.717) is 19.8 Å². The first kappa shape index (κ1) is 17.9. The Hall–Kier alpha value is -0.520. The van der Waals surface area contributed by atoms with Crippen LogP contribution in [0.5, 0.6) is 0 Å². The minimum atomic E-state index is -0.447. The number of likely N-dealkylation sites (N-methyl/N-ethyl adjacent to an activating group) is 1. The van der Waals surface area contributed by atoms with Crippen molar-refractivity contribution >= 4 is 18.5 Å². The van der Waals surface area contributed by atoms with Gasteiger partial charge in [-0.15, -0.1) is 12.4 Å². The molecule has 2 N–H and O–H groups in total. The van der Waals surface area contributed by atoms with Gasteiger partial charge in [-0.3, -0.25) is 0 Å². The average molecular weight is 255 g/mol. The number of ether oxygens (including phenoxy) is 2. The van der Waals surface area contributed by atoms with Gasteiger partial charge in [0.1, 0.15) is 5.60 Å². The van der Waals surface area contributed by atoms with E-state index in [-0.39, 0.29) is 12.4 Å². The van der Waals surface area contributed by atoms with Crippen molar-refractivity contribution in [2.75, 3.05) is 33.4 Å². The van der Waals surface area contributed by atoms with Gasteiger partial charge in [-0.2, -0.15) is 0 Å². The highest BCUT2D eigenvalue weighted by atomic mass is 35.5. The lowest BCUT2D eigenvalue weighted by Gasteiger charge is -2.19. The number of carbonyl (C=O) groups excluding carboxylic acids is 1. The Kier molecular flexibility index (Phi) is 10.8. The average Bonchev–Trinajstić information content (AvgIpc) is 2.08. The van der Waals surface area contributed by atoms with Crippen LogP contribution in [0.2, 0.25) is 0 Å². The molecule has 0 aromatic carbocycles. The van der Waals surface area contributed by atoms with Gasteiger partial charge in [-0.05, 0) is 27.8 Å². The molecule has 5 nitrogen and oxygen atoms in total. The number of halogens is 1. The molecule has 0 aromatic heterocycles. The SMILES string of the molecule is CNCCOCCNC(=O)OC(C)(C)C.Cl. The third-order valence-corrected chi connectivity index (χ3v) is 1.41. The van der Waals surface area contributed by atoms with Crippen molar-refractivity contribution in [2.45, 2.75) is 26.4 Å². The lowest BCUT2D eigenvalue weighted by Crippen LogP contribution is -2.34. The first-order valence-corrected chi connectivity index (χ1v) is 5.15. The van der Waals surface area contributed by atoms with Gasteiger partial charge in [-0.1, -0.05) is 0 Å². The Morgan fingerprint density at radius 1 is 1.19 bits per heavy atom. The van der Waals surface area contributed by atoms with Crippen LogP contribution in [0.15, 0.2) is 0 Å². The summed E-state index contributed by atoms with van der Waals surface area (Å²) in [5, 5.41) is 5.57. The van der Waals surface area contributed by atoms with E-state index in [0.717, 1.165) is 6.54 Å². The summed E-state index contributed by atoms with van der Waals surface area (Å²) in [7, 11) is 1.86. The molecule has 0 spiro atoms. The summed E-state index contributed by atoms with van der Waals surface area (Å²) in [6.45, 7) is 7.92.